The van der Waals surface area contributed by atoms with E-state index >= 15 is 0 Å². The highest BCUT2D eigenvalue weighted by Crippen LogP contribution is 2.24. The van der Waals surface area contributed by atoms with Crippen molar-refractivity contribution in [2.75, 3.05) is 6.54 Å². The van der Waals surface area contributed by atoms with Gasteiger partial charge in [0.2, 0.25) is 0 Å². The fraction of sp³-hybridized carbons (Fsp3) is 1.00. The van der Waals surface area contributed by atoms with E-state index in [1.165, 1.54) is 19.3 Å². The van der Waals surface area contributed by atoms with Crippen LogP contribution in [0.2, 0.25) is 0 Å². The smallest absolute Gasteiger partial charge is 0.0503 e. The van der Waals surface area contributed by atoms with Crippen LogP contribution < -0.4 is 5.32 Å². The van der Waals surface area contributed by atoms with E-state index in [2.05, 4.69) is 26.1 Å². The van der Waals surface area contributed by atoms with Crippen molar-refractivity contribution in [1.29, 1.82) is 0 Å². The van der Waals surface area contributed by atoms with Crippen molar-refractivity contribution < 1.29 is 4.21 Å². The van der Waals surface area contributed by atoms with Gasteiger partial charge in [-0.2, -0.15) is 0 Å². The Morgan fingerprint density at radius 1 is 1.36 bits per heavy atom. The van der Waals surface area contributed by atoms with Crippen LogP contribution in [0.25, 0.3) is 0 Å². The van der Waals surface area contributed by atoms with Gasteiger partial charge in [0.1, 0.15) is 0 Å². The lowest BCUT2D eigenvalue weighted by Gasteiger charge is -2.32. The first-order chi connectivity index (χ1) is 6.66. The molecule has 1 N–H and O–H groups in total. The SMILES string of the molecule is CCNC1CCCCC1S(=O)C(C)C. The highest BCUT2D eigenvalue weighted by Gasteiger charge is 2.30. The summed E-state index contributed by atoms with van der Waals surface area (Å²) in [5, 5.41) is 4.17. The third kappa shape index (κ3) is 3.06. The van der Waals surface area contributed by atoms with E-state index in [9.17, 15) is 4.21 Å². The molecule has 0 aromatic heterocycles. The predicted octanol–water partition coefficient (Wildman–Crippen LogP) is 2.06. The average Bonchev–Trinajstić information content (AvgIpc) is 2.18. The molecule has 1 fully saturated rings. The van der Waals surface area contributed by atoms with E-state index in [4.69, 9.17) is 0 Å². The number of nitrogens with one attached hydrogen (secondary N) is 1. The Labute approximate surface area is 90.3 Å². The van der Waals surface area contributed by atoms with Crippen molar-refractivity contribution in [3.05, 3.63) is 0 Å². The quantitative estimate of drug-likeness (QED) is 0.781. The second-order valence-corrected chi connectivity index (χ2v) is 6.57. The van der Waals surface area contributed by atoms with Crippen LogP contribution in [0.15, 0.2) is 0 Å². The van der Waals surface area contributed by atoms with Gasteiger partial charge in [0.15, 0.2) is 0 Å². The summed E-state index contributed by atoms with van der Waals surface area (Å²) >= 11 is 0. The van der Waals surface area contributed by atoms with Crippen molar-refractivity contribution >= 4 is 10.8 Å². The molecule has 0 aromatic carbocycles. The Morgan fingerprint density at radius 2 is 2.00 bits per heavy atom. The summed E-state index contributed by atoms with van der Waals surface area (Å²) in [6.45, 7) is 7.25. The van der Waals surface area contributed by atoms with Crippen LogP contribution in [0.5, 0.6) is 0 Å². The molecular weight excluding hydrogens is 194 g/mol. The molecule has 0 aliphatic heterocycles. The molecule has 0 radical (unpaired) electrons. The minimum absolute atomic E-state index is 0.305. The lowest BCUT2D eigenvalue weighted by atomic mass is 9.95. The molecule has 0 saturated heterocycles. The standard InChI is InChI=1S/C11H23NOS/c1-4-12-10-7-5-6-8-11(10)14(13)9(2)3/h9-12H,4-8H2,1-3H3. The Hall–Kier alpha value is 0.110. The molecule has 1 aliphatic rings. The summed E-state index contributed by atoms with van der Waals surface area (Å²) in [4.78, 5) is 0. The summed E-state index contributed by atoms with van der Waals surface area (Å²) in [5.41, 5.74) is 0. The molecule has 0 heterocycles. The molecule has 3 atom stereocenters. The van der Waals surface area contributed by atoms with Gasteiger partial charge in [-0.15, -0.1) is 0 Å². The lowest BCUT2D eigenvalue weighted by Crippen LogP contribution is -2.45. The van der Waals surface area contributed by atoms with Gasteiger partial charge in [0.05, 0.1) is 5.25 Å². The summed E-state index contributed by atoms with van der Waals surface area (Å²) < 4.78 is 12.1. The zero-order valence-corrected chi connectivity index (χ0v) is 10.4. The second kappa shape index (κ2) is 5.86. The fourth-order valence-electron chi connectivity index (χ4n) is 2.22. The lowest BCUT2D eigenvalue weighted by molar-refractivity contribution is 0.384. The summed E-state index contributed by atoms with van der Waals surface area (Å²) in [7, 11) is -0.652. The highest BCUT2D eigenvalue weighted by molar-refractivity contribution is 7.86. The van der Waals surface area contributed by atoms with Gasteiger partial charge >= 0.3 is 0 Å². The van der Waals surface area contributed by atoms with E-state index in [1.54, 1.807) is 0 Å². The van der Waals surface area contributed by atoms with Gasteiger partial charge in [-0.1, -0.05) is 33.6 Å². The van der Waals surface area contributed by atoms with Crippen molar-refractivity contribution in [3.8, 4) is 0 Å². The molecule has 2 nitrogen and oxygen atoms in total. The summed E-state index contributed by atoms with van der Waals surface area (Å²) in [5.74, 6) is 0. The van der Waals surface area contributed by atoms with Gasteiger partial charge in [0.25, 0.3) is 0 Å². The molecule has 1 aliphatic carbocycles. The van der Waals surface area contributed by atoms with Gasteiger partial charge in [0, 0.05) is 22.1 Å². The zero-order valence-electron chi connectivity index (χ0n) is 9.58. The molecule has 0 amide bonds. The van der Waals surface area contributed by atoms with E-state index < -0.39 is 10.8 Å². The topological polar surface area (TPSA) is 29.1 Å². The summed E-state index contributed by atoms with van der Waals surface area (Å²) in [6.07, 6.45) is 4.90. The van der Waals surface area contributed by atoms with Crippen LogP contribution in [0.4, 0.5) is 0 Å². The van der Waals surface area contributed by atoms with Crippen molar-refractivity contribution in [2.24, 2.45) is 0 Å². The molecule has 0 aromatic rings. The number of rotatable bonds is 4. The Morgan fingerprint density at radius 3 is 2.57 bits per heavy atom. The van der Waals surface area contributed by atoms with Crippen LogP contribution in [0, 0.1) is 0 Å². The maximum Gasteiger partial charge on any atom is 0.0503 e. The molecule has 14 heavy (non-hydrogen) atoms. The monoisotopic (exact) mass is 217 g/mol. The minimum atomic E-state index is -0.652. The van der Waals surface area contributed by atoms with Crippen LogP contribution in [0.3, 0.4) is 0 Å². The average molecular weight is 217 g/mol. The normalized spacial score (nSPS) is 30.6. The first-order valence-corrected chi connectivity index (χ1v) is 7.07. The Kier molecular flexibility index (Phi) is 5.10. The van der Waals surface area contributed by atoms with Gasteiger partial charge < -0.3 is 5.32 Å². The van der Waals surface area contributed by atoms with Crippen molar-refractivity contribution in [3.63, 3.8) is 0 Å². The van der Waals surface area contributed by atoms with Crippen LogP contribution in [-0.4, -0.2) is 27.3 Å². The third-order valence-corrected chi connectivity index (χ3v) is 5.02. The molecule has 1 rings (SSSR count). The first-order valence-electron chi connectivity index (χ1n) is 5.79. The molecule has 84 valence electrons. The number of hydrogen-bond acceptors (Lipinski definition) is 2. The van der Waals surface area contributed by atoms with Crippen LogP contribution in [-0.2, 0) is 10.8 Å². The zero-order chi connectivity index (χ0) is 10.6. The van der Waals surface area contributed by atoms with Crippen LogP contribution >= 0.6 is 0 Å². The fourth-order valence-corrected chi connectivity index (χ4v) is 3.87. The van der Waals surface area contributed by atoms with Gasteiger partial charge in [-0.05, 0) is 19.4 Å². The van der Waals surface area contributed by atoms with Crippen molar-refractivity contribution in [2.45, 2.75) is 63.0 Å². The second-order valence-electron chi connectivity index (χ2n) is 4.36. The van der Waals surface area contributed by atoms with E-state index in [0.717, 1.165) is 13.0 Å². The van der Waals surface area contributed by atoms with Crippen LogP contribution in [0.1, 0.15) is 46.5 Å². The summed E-state index contributed by atoms with van der Waals surface area (Å²) in [6, 6.07) is 0.497. The molecule has 3 unspecified atom stereocenters. The molecule has 0 bridgehead atoms. The molecule has 3 heteroatoms. The largest absolute Gasteiger partial charge is 0.313 e. The minimum Gasteiger partial charge on any atom is -0.313 e. The van der Waals surface area contributed by atoms with Crippen molar-refractivity contribution in [1.82, 2.24) is 5.32 Å². The maximum atomic E-state index is 12.1. The van der Waals surface area contributed by atoms with Gasteiger partial charge in [-0.3, -0.25) is 4.21 Å². The Balaban J connectivity index is 2.57. The molecule has 0 spiro atoms. The third-order valence-electron chi connectivity index (χ3n) is 2.93. The van der Waals surface area contributed by atoms with E-state index in [-0.39, 0.29) is 0 Å². The highest BCUT2D eigenvalue weighted by atomic mass is 32.2. The first kappa shape index (κ1) is 12.2. The molecule has 1 saturated carbocycles. The van der Waals surface area contributed by atoms with E-state index in [0.29, 0.717) is 16.5 Å². The maximum absolute atomic E-state index is 12.1. The van der Waals surface area contributed by atoms with E-state index in [1.807, 2.05) is 0 Å². The number of hydrogen-bond donors (Lipinski definition) is 1. The Bertz CT molecular complexity index is 192. The van der Waals surface area contributed by atoms with Gasteiger partial charge in [-0.25, -0.2) is 0 Å². The molecular formula is C11H23NOS. The predicted molar refractivity (Wildman–Crippen MR) is 63.0 cm³/mol.